The molecular weight excluding hydrogens is 186 g/mol. The van der Waals surface area contributed by atoms with Gasteiger partial charge < -0.3 is 10.1 Å². The maximum atomic E-state index is 5.41. The molecule has 0 spiro atoms. The number of hydrogen-bond donors (Lipinski definition) is 1. The molecule has 2 heteroatoms. The van der Waals surface area contributed by atoms with Crippen LogP contribution in [0.2, 0.25) is 0 Å². The Bertz CT molecular complexity index is 117. The average Bonchev–Trinajstić information content (AvgIpc) is 2.24. The van der Waals surface area contributed by atoms with Crippen molar-refractivity contribution in [3.05, 3.63) is 0 Å². The van der Waals surface area contributed by atoms with Gasteiger partial charge in [0.25, 0.3) is 0 Å². The van der Waals surface area contributed by atoms with Gasteiger partial charge in [0.2, 0.25) is 0 Å². The second kappa shape index (κ2) is 12.0. The van der Waals surface area contributed by atoms with Crippen LogP contribution in [0.4, 0.5) is 0 Å². The molecule has 0 radical (unpaired) electrons. The fourth-order valence-electron chi connectivity index (χ4n) is 1.60. The highest BCUT2D eigenvalue weighted by atomic mass is 16.5. The first-order valence-corrected chi connectivity index (χ1v) is 6.62. The lowest BCUT2D eigenvalue weighted by Gasteiger charge is -2.13. The van der Waals surface area contributed by atoms with Crippen LogP contribution in [0.1, 0.15) is 59.3 Å². The molecule has 0 aromatic carbocycles. The fourth-order valence-corrected chi connectivity index (χ4v) is 1.60. The summed E-state index contributed by atoms with van der Waals surface area (Å²) in [5, 5.41) is 3.49. The van der Waals surface area contributed by atoms with Crippen LogP contribution in [0.25, 0.3) is 0 Å². The highest BCUT2D eigenvalue weighted by Gasteiger charge is 1.99. The minimum atomic E-state index is 0.645. The highest BCUT2D eigenvalue weighted by molar-refractivity contribution is 4.60. The van der Waals surface area contributed by atoms with E-state index in [4.69, 9.17) is 4.74 Å². The van der Waals surface area contributed by atoms with Crippen molar-refractivity contribution in [2.24, 2.45) is 0 Å². The first-order valence-electron chi connectivity index (χ1n) is 6.62. The SMILES string of the molecule is CCCCCCC(C)NCCOCCC. The molecule has 1 N–H and O–H groups in total. The lowest BCUT2D eigenvalue weighted by atomic mass is 10.1. The summed E-state index contributed by atoms with van der Waals surface area (Å²) in [6, 6.07) is 0.645. The Kier molecular flexibility index (Phi) is 11.9. The van der Waals surface area contributed by atoms with E-state index in [1.165, 1.54) is 32.1 Å². The van der Waals surface area contributed by atoms with E-state index in [9.17, 15) is 0 Å². The molecule has 0 aliphatic carbocycles. The zero-order chi connectivity index (χ0) is 11.4. The number of hydrogen-bond acceptors (Lipinski definition) is 2. The van der Waals surface area contributed by atoms with Crippen molar-refractivity contribution in [1.82, 2.24) is 5.32 Å². The molecule has 0 aliphatic heterocycles. The molecule has 1 unspecified atom stereocenters. The van der Waals surface area contributed by atoms with Gasteiger partial charge in [0.05, 0.1) is 6.61 Å². The van der Waals surface area contributed by atoms with Crippen molar-refractivity contribution >= 4 is 0 Å². The second-order valence-corrected chi connectivity index (χ2v) is 4.32. The Morgan fingerprint density at radius 2 is 1.80 bits per heavy atom. The van der Waals surface area contributed by atoms with Crippen molar-refractivity contribution in [2.45, 2.75) is 65.3 Å². The monoisotopic (exact) mass is 215 g/mol. The van der Waals surface area contributed by atoms with Gasteiger partial charge in [-0.05, 0) is 19.8 Å². The van der Waals surface area contributed by atoms with Crippen LogP contribution in [-0.4, -0.2) is 25.8 Å². The Labute approximate surface area is 95.8 Å². The molecule has 0 bridgehead atoms. The van der Waals surface area contributed by atoms with Gasteiger partial charge in [-0.1, -0.05) is 39.5 Å². The quantitative estimate of drug-likeness (QED) is 0.534. The van der Waals surface area contributed by atoms with E-state index in [1.54, 1.807) is 0 Å². The number of rotatable bonds is 11. The Morgan fingerprint density at radius 1 is 1.00 bits per heavy atom. The standard InChI is InChI=1S/C13H29NO/c1-4-6-7-8-9-13(3)14-10-12-15-11-5-2/h13-14H,4-12H2,1-3H3. The Balaban J connectivity index is 3.08. The van der Waals surface area contributed by atoms with Gasteiger partial charge in [-0.2, -0.15) is 0 Å². The van der Waals surface area contributed by atoms with Crippen molar-refractivity contribution in [1.29, 1.82) is 0 Å². The summed E-state index contributed by atoms with van der Waals surface area (Å²) in [6.45, 7) is 9.41. The van der Waals surface area contributed by atoms with E-state index in [0.717, 1.165) is 26.2 Å². The summed E-state index contributed by atoms with van der Waals surface area (Å²) < 4.78 is 5.41. The van der Waals surface area contributed by atoms with Crippen LogP contribution >= 0.6 is 0 Å². The van der Waals surface area contributed by atoms with Gasteiger partial charge in [0, 0.05) is 19.2 Å². The maximum absolute atomic E-state index is 5.41. The Morgan fingerprint density at radius 3 is 2.47 bits per heavy atom. The Hall–Kier alpha value is -0.0800. The molecule has 0 aromatic heterocycles. The van der Waals surface area contributed by atoms with Crippen molar-refractivity contribution in [3.8, 4) is 0 Å². The zero-order valence-electron chi connectivity index (χ0n) is 10.8. The number of unbranched alkanes of at least 4 members (excludes halogenated alkanes) is 3. The lowest BCUT2D eigenvalue weighted by Crippen LogP contribution is -2.29. The third-order valence-corrected chi connectivity index (χ3v) is 2.58. The second-order valence-electron chi connectivity index (χ2n) is 4.32. The van der Waals surface area contributed by atoms with Crippen LogP contribution in [0.3, 0.4) is 0 Å². The van der Waals surface area contributed by atoms with E-state index in [-0.39, 0.29) is 0 Å². The molecular formula is C13H29NO. The number of nitrogens with one attached hydrogen (secondary N) is 1. The third kappa shape index (κ3) is 11.8. The van der Waals surface area contributed by atoms with Crippen LogP contribution in [0.5, 0.6) is 0 Å². The molecule has 0 saturated carbocycles. The number of ether oxygens (including phenoxy) is 1. The summed E-state index contributed by atoms with van der Waals surface area (Å²) in [7, 11) is 0. The smallest absolute Gasteiger partial charge is 0.0590 e. The molecule has 0 aliphatic rings. The molecule has 1 atom stereocenters. The largest absolute Gasteiger partial charge is 0.380 e. The van der Waals surface area contributed by atoms with Crippen molar-refractivity contribution in [2.75, 3.05) is 19.8 Å². The van der Waals surface area contributed by atoms with Crippen LogP contribution < -0.4 is 5.32 Å². The molecule has 2 nitrogen and oxygen atoms in total. The average molecular weight is 215 g/mol. The lowest BCUT2D eigenvalue weighted by molar-refractivity contribution is 0.134. The summed E-state index contributed by atoms with van der Waals surface area (Å²) >= 11 is 0. The van der Waals surface area contributed by atoms with E-state index in [0.29, 0.717) is 6.04 Å². The first kappa shape index (κ1) is 14.9. The third-order valence-electron chi connectivity index (χ3n) is 2.58. The molecule has 0 fully saturated rings. The molecule has 15 heavy (non-hydrogen) atoms. The molecule has 0 rings (SSSR count). The van der Waals surface area contributed by atoms with Gasteiger partial charge in [-0.25, -0.2) is 0 Å². The summed E-state index contributed by atoms with van der Waals surface area (Å²) in [5.41, 5.74) is 0. The van der Waals surface area contributed by atoms with E-state index < -0.39 is 0 Å². The van der Waals surface area contributed by atoms with Gasteiger partial charge >= 0.3 is 0 Å². The van der Waals surface area contributed by atoms with E-state index >= 15 is 0 Å². The van der Waals surface area contributed by atoms with E-state index in [2.05, 4.69) is 26.1 Å². The van der Waals surface area contributed by atoms with Crippen molar-refractivity contribution < 1.29 is 4.74 Å². The van der Waals surface area contributed by atoms with Gasteiger partial charge in [0.1, 0.15) is 0 Å². The molecule has 0 aromatic rings. The van der Waals surface area contributed by atoms with Crippen LogP contribution in [-0.2, 0) is 4.74 Å². The van der Waals surface area contributed by atoms with Crippen LogP contribution in [0, 0.1) is 0 Å². The first-order chi connectivity index (χ1) is 7.31. The normalized spacial score (nSPS) is 13.0. The summed E-state index contributed by atoms with van der Waals surface area (Å²) in [4.78, 5) is 0. The van der Waals surface area contributed by atoms with Gasteiger partial charge in [0.15, 0.2) is 0 Å². The van der Waals surface area contributed by atoms with Gasteiger partial charge in [-0.3, -0.25) is 0 Å². The molecule has 0 heterocycles. The van der Waals surface area contributed by atoms with Crippen molar-refractivity contribution in [3.63, 3.8) is 0 Å². The zero-order valence-corrected chi connectivity index (χ0v) is 10.8. The predicted octanol–water partition coefficient (Wildman–Crippen LogP) is 3.36. The minimum absolute atomic E-state index is 0.645. The van der Waals surface area contributed by atoms with Gasteiger partial charge in [-0.15, -0.1) is 0 Å². The fraction of sp³-hybridized carbons (Fsp3) is 1.00. The molecule has 0 saturated heterocycles. The van der Waals surface area contributed by atoms with Crippen LogP contribution in [0.15, 0.2) is 0 Å². The minimum Gasteiger partial charge on any atom is -0.380 e. The van der Waals surface area contributed by atoms with E-state index in [1.807, 2.05) is 0 Å². The molecule has 92 valence electrons. The summed E-state index contributed by atoms with van der Waals surface area (Å²) in [5.74, 6) is 0. The highest BCUT2D eigenvalue weighted by Crippen LogP contribution is 2.04. The molecule has 0 amide bonds. The summed E-state index contributed by atoms with van der Waals surface area (Å²) in [6.07, 6.45) is 7.87. The topological polar surface area (TPSA) is 21.3 Å². The predicted molar refractivity (Wildman–Crippen MR) is 67.3 cm³/mol. The maximum Gasteiger partial charge on any atom is 0.0590 e.